The Bertz CT molecular complexity index is 847. The fourth-order valence-electron chi connectivity index (χ4n) is 2.22. The highest BCUT2D eigenvalue weighted by molar-refractivity contribution is 6.09. The molecule has 0 radical (unpaired) electrons. The van der Waals surface area contributed by atoms with Crippen LogP contribution in [0.3, 0.4) is 0 Å². The van der Waals surface area contributed by atoms with Crippen LogP contribution in [-0.4, -0.2) is 23.3 Å². The monoisotopic (exact) mass is 332 g/mol. The van der Waals surface area contributed by atoms with Crippen LogP contribution in [0.25, 0.3) is 0 Å². The van der Waals surface area contributed by atoms with E-state index in [2.05, 4.69) is 10.3 Å². The molecule has 0 unspecified atom stereocenters. The lowest BCUT2D eigenvalue weighted by atomic mass is 10.0. The van der Waals surface area contributed by atoms with Gasteiger partial charge in [-0.1, -0.05) is 36.4 Å². The summed E-state index contributed by atoms with van der Waals surface area (Å²) in [5, 5.41) is 2.63. The van der Waals surface area contributed by atoms with Gasteiger partial charge in [0.25, 0.3) is 5.91 Å². The van der Waals surface area contributed by atoms with E-state index in [0.717, 1.165) is 0 Å². The molecule has 0 aliphatic rings. The molecule has 124 valence electrons. The van der Waals surface area contributed by atoms with E-state index in [-0.39, 0.29) is 18.3 Å². The second kappa shape index (κ2) is 7.88. The van der Waals surface area contributed by atoms with Crippen molar-refractivity contribution in [1.82, 2.24) is 4.98 Å². The molecule has 0 aliphatic carbocycles. The number of ketones is 1. The molecule has 5 heteroatoms. The predicted octanol–water partition coefficient (Wildman–Crippen LogP) is 3.33. The maximum absolute atomic E-state index is 12.3. The number of hydrogen-bond donors (Lipinski definition) is 1. The molecule has 5 nitrogen and oxygen atoms in total. The average molecular weight is 332 g/mol. The summed E-state index contributed by atoms with van der Waals surface area (Å²) in [6, 6.07) is 21.0. The Labute approximate surface area is 145 Å². The fraction of sp³-hybridized carbons (Fsp3) is 0.0500. The molecule has 0 saturated heterocycles. The highest BCUT2D eigenvalue weighted by Gasteiger charge is 2.09. The van der Waals surface area contributed by atoms with Gasteiger partial charge in [-0.3, -0.25) is 9.59 Å². The minimum Gasteiger partial charge on any atom is -0.484 e. The Balaban J connectivity index is 1.56. The van der Waals surface area contributed by atoms with E-state index in [4.69, 9.17) is 4.74 Å². The first kappa shape index (κ1) is 16.4. The van der Waals surface area contributed by atoms with Gasteiger partial charge in [0.2, 0.25) is 0 Å². The molecule has 1 aromatic heterocycles. The number of carbonyl (C=O) groups excluding carboxylic acids is 2. The van der Waals surface area contributed by atoms with Gasteiger partial charge in [0.15, 0.2) is 12.4 Å². The average Bonchev–Trinajstić information content (AvgIpc) is 2.68. The molecule has 0 saturated carbocycles. The quantitative estimate of drug-likeness (QED) is 0.703. The van der Waals surface area contributed by atoms with Gasteiger partial charge in [0.1, 0.15) is 11.6 Å². The van der Waals surface area contributed by atoms with Crippen molar-refractivity contribution in [2.45, 2.75) is 0 Å². The molecule has 1 amide bonds. The van der Waals surface area contributed by atoms with E-state index in [1.807, 2.05) is 18.2 Å². The van der Waals surface area contributed by atoms with Crippen LogP contribution in [0.5, 0.6) is 5.75 Å². The molecule has 1 N–H and O–H groups in total. The van der Waals surface area contributed by atoms with Crippen molar-refractivity contribution in [3.05, 3.63) is 90.1 Å². The summed E-state index contributed by atoms with van der Waals surface area (Å²) < 4.78 is 5.43. The molecule has 0 aliphatic heterocycles. The van der Waals surface area contributed by atoms with Crippen molar-refractivity contribution in [3.8, 4) is 5.75 Å². The second-order valence-corrected chi connectivity index (χ2v) is 5.27. The van der Waals surface area contributed by atoms with Crippen molar-refractivity contribution >= 4 is 17.5 Å². The SMILES string of the molecule is O=C(COc1ccc(C(=O)c2ccccc2)cc1)Nc1ccccn1. The molecule has 0 bridgehead atoms. The summed E-state index contributed by atoms with van der Waals surface area (Å²) in [5.41, 5.74) is 1.20. The van der Waals surface area contributed by atoms with Gasteiger partial charge in [-0.15, -0.1) is 0 Å². The standard InChI is InChI=1S/C20H16N2O3/c23-19(22-18-8-4-5-13-21-18)14-25-17-11-9-16(10-12-17)20(24)15-6-2-1-3-7-15/h1-13H,14H2,(H,21,22,23). The maximum Gasteiger partial charge on any atom is 0.263 e. The number of hydrogen-bond acceptors (Lipinski definition) is 4. The molecule has 0 fully saturated rings. The number of ether oxygens (including phenoxy) is 1. The number of nitrogens with one attached hydrogen (secondary N) is 1. The zero-order chi connectivity index (χ0) is 17.5. The van der Waals surface area contributed by atoms with Crippen molar-refractivity contribution in [2.75, 3.05) is 11.9 Å². The van der Waals surface area contributed by atoms with E-state index in [1.165, 1.54) is 0 Å². The molecule has 3 rings (SSSR count). The van der Waals surface area contributed by atoms with Gasteiger partial charge in [-0.05, 0) is 36.4 Å². The third kappa shape index (κ3) is 4.51. The summed E-state index contributed by atoms with van der Waals surface area (Å²) in [4.78, 5) is 28.1. The van der Waals surface area contributed by atoms with Crippen LogP contribution in [0.4, 0.5) is 5.82 Å². The van der Waals surface area contributed by atoms with Gasteiger partial charge < -0.3 is 10.1 Å². The van der Waals surface area contributed by atoms with E-state index in [9.17, 15) is 9.59 Å². The zero-order valence-electron chi connectivity index (χ0n) is 13.4. The van der Waals surface area contributed by atoms with E-state index in [0.29, 0.717) is 22.7 Å². The predicted molar refractivity (Wildman–Crippen MR) is 94.7 cm³/mol. The molecule has 0 spiro atoms. The Morgan fingerprint density at radius 3 is 2.20 bits per heavy atom. The lowest BCUT2D eigenvalue weighted by Crippen LogP contribution is -2.20. The minimum atomic E-state index is -0.303. The maximum atomic E-state index is 12.3. The number of pyridine rings is 1. The molecule has 25 heavy (non-hydrogen) atoms. The van der Waals surface area contributed by atoms with Gasteiger partial charge in [-0.25, -0.2) is 4.98 Å². The minimum absolute atomic E-state index is 0.0555. The third-order valence-corrected chi connectivity index (χ3v) is 3.45. The van der Waals surface area contributed by atoms with Gasteiger partial charge in [-0.2, -0.15) is 0 Å². The first-order chi connectivity index (χ1) is 12.2. The highest BCUT2D eigenvalue weighted by Crippen LogP contribution is 2.15. The number of carbonyl (C=O) groups is 2. The molecule has 3 aromatic rings. The van der Waals surface area contributed by atoms with E-state index in [1.54, 1.807) is 60.8 Å². The Hall–Kier alpha value is -3.47. The Morgan fingerprint density at radius 1 is 0.840 bits per heavy atom. The summed E-state index contributed by atoms with van der Waals surface area (Å²) >= 11 is 0. The third-order valence-electron chi connectivity index (χ3n) is 3.45. The van der Waals surface area contributed by atoms with Crippen molar-refractivity contribution in [1.29, 1.82) is 0 Å². The van der Waals surface area contributed by atoms with Gasteiger partial charge >= 0.3 is 0 Å². The van der Waals surface area contributed by atoms with E-state index < -0.39 is 0 Å². The smallest absolute Gasteiger partial charge is 0.263 e. The molecule has 2 aromatic carbocycles. The van der Waals surface area contributed by atoms with Crippen LogP contribution in [0.15, 0.2) is 79.0 Å². The number of benzene rings is 2. The van der Waals surface area contributed by atoms with Crippen LogP contribution in [0.1, 0.15) is 15.9 Å². The van der Waals surface area contributed by atoms with Crippen LogP contribution in [0, 0.1) is 0 Å². The molecular formula is C20H16N2O3. The lowest BCUT2D eigenvalue weighted by Gasteiger charge is -2.07. The number of amides is 1. The number of nitrogens with zero attached hydrogens (tertiary/aromatic N) is 1. The molecule has 0 atom stereocenters. The van der Waals surface area contributed by atoms with Gasteiger partial charge in [0, 0.05) is 17.3 Å². The normalized spacial score (nSPS) is 10.1. The van der Waals surface area contributed by atoms with Crippen LogP contribution < -0.4 is 10.1 Å². The number of anilines is 1. The summed E-state index contributed by atoms with van der Waals surface area (Å²) in [7, 11) is 0. The van der Waals surface area contributed by atoms with Crippen molar-refractivity contribution in [2.24, 2.45) is 0 Å². The Kier molecular flexibility index (Phi) is 5.16. The lowest BCUT2D eigenvalue weighted by molar-refractivity contribution is -0.118. The summed E-state index contributed by atoms with van der Waals surface area (Å²) in [6.45, 7) is -0.136. The zero-order valence-corrected chi connectivity index (χ0v) is 13.4. The number of rotatable bonds is 6. The first-order valence-corrected chi connectivity index (χ1v) is 7.76. The summed E-state index contributed by atoms with van der Waals surface area (Å²) in [6.07, 6.45) is 1.60. The molecular weight excluding hydrogens is 316 g/mol. The molecule has 1 heterocycles. The first-order valence-electron chi connectivity index (χ1n) is 7.76. The van der Waals surface area contributed by atoms with Crippen LogP contribution in [0.2, 0.25) is 0 Å². The largest absolute Gasteiger partial charge is 0.484 e. The highest BCUT2D eigenvalue weighted by atomic mass is 16.5. The van der Waals surface area contributed by atoms with Crippen molar-refractivity contribution < 1.29 is 14.3 Å². The number of aromatic nitrogens is 1. The Morgan fingerprint density at radius 2 is 1.52 bits per heavy atom. The van der Waals surface area contributed by atoms with Crippen molar-refractivity contribution in [3.63, 3.8) is 0 Å². The topological polar surface area (TPSA) is 68.3 Å². The second-order valence-electron chi connectivity index (χ2n) is 5.27. The van der Waals surface area contributed by atoms with E-state index >= 15 is 0 Å². The van der Waals surface area contributed by atoms with Gasteiger partial charge in [0.05, 0.1) is 0 Å². The van der Waals surface area contributed by atoms with Crippen LogP contribution in [-0.2, 0) is 4.79 Å². The van der Waals surface area contributed by atoms with Crippen LogP contribution >= 0.6 is 0 Å². The summed E-state index contributed by atoms with van der Waals surface area (Å²) in [5.74, 6) is 0.629. The fourth-order valence-corrected chi connectivity index (χ4v) is 2.22.